The maximum Gasteiger partial charge on any atom is 0.408 e. The van der Waals surface area contributed by atoms with Crippen LogP contribution in [0.1, 0.15) is 85.6 Å². The van der Waals surface area contributed by atoms with Gasteiger partial charge in [-0.1, -0.05) is 64.4 Å². The lowest BCUT2D eigenvalue weighted by Crippen LogP contribution is -2.57. The molecular weight excluding hydrogens is 595 g/mol. The lowest BCUT2D eigenvalue weighted by Gasteiger charge is -2.36. The first kappa shape index (κ1) is 36.8. The summed E-state index contributed by atoms with van der Waals surface area (Å²) in [6, 6.07) is 6.73. The molecule has 0 radical (unpaired) electrons. The molecule has 1 aliphatic heterocycles. The van der Waals surface area contributed by atoms with Crippen LogP contribution in [-0.4, -0.2) is 76.2 Å². The Bertz CT molecular complexity index is 1280. The van der Waals surface area contributed by atoms with E-state index in [0.29, 0.717) is 12.8 Å². The van der Waals surface area contributed by atoms with Crippen molar-refractivity contribution in [2.45, 2.75) is 111 Å². The Kier molecular flexibility index (Phi) is 12.6. The van der Waals surface area contributed by atoms with Gasteiger partial charge in [0.25, 0.3) is 0 Å². The molecule has 2 fully saturated rings. The number of carbonyl (C=O) groups excluding carboxylic acids is 5. The van der Waals surface area contributed by atoms with Gasteiger partial charge in [-0.2, -0.15) is 0 Å². The largest absolute Gasteiger partial charge is 0.481 e. The van der Waals surface area contributed by atoms with Crippen molar-refractivity contribution in [3.05, 3.63) is 35.9 Å². The number of hydrogen-bond donors (Lipinski definition) is 2. The van der Waals surface area contributed by atoms with Crippen molar-refractivity contribution in [1.29, 1.82) is 0 Å². The Morgan fingerprint density at radius 2 is 1.65 bits per heavy atom. The SMILES string of the molecule is CCCC(CC(=O)[C@@H]1[C@H]2CCC(F)C2CN1C(=O)[C@@H](NC(=O)OC(C)C)C(C)(C)C)C(=O)C(=O)C[C@H](Cc1ccccc1)C(=O)O. The van der Waals surface area contributed by atoms with Crippen LogP contribution >= 0.6 is 0 Å². The first-order valence-electron chi connectivity index (χ1n) is 16.3. The molecule has 1 saturated heterocycles. The number of carbonyl (C=O) groups is 6. The van der Waals surface area contributed by atoms with Crippen molar-refractivity contribution in [2.75, 3.05) is 6.54 Å². The summed E-state index contributed by atoms with van der Waals surface area (Å²) in [5, 5.41) is 12.4. The van der Waals surface area contributed by atoms with E-state index >= 15 is 4.39 Å². The topological polar surface area (TPSA) is 147 Å². The fraction of sp³-hybridized carbons (Fsp3) is 0.657. The molecule has 1 aromatic rings. The minimum atomic E-state index is -1.20. The zero-order valence-corrected chi connectivity index (χ0v) is 27.8. The van der Waals surface area contributed by atoms with Crippen LogP contribution in [0.4, 0.5) is 9.18 Å². The number of ketones is 3. The van der Waals surface area contributed by atoms with Crippen molar-refractivity contribution >= 4 is 35.3 Å². The summed E-state index contributed by atoms with van der Waals surface area (Å²) in [6.45, 7) is 10.5. The number of carboxylic acids is 1. The quantitative estimate of drug-likeness (QED) is 0.255. The normalized spacial score (nSPS) is 22.9. The highest BCUT2D eigenvalue weighted by Gasteiger charge is 2.55. The highest BCUT2D eigenvalue weighted by molar-refractivity contribution is 6.38. The van der Waals surface area contributed by atoms with Crippen molar-refractivity contribution in [3.63, 3.8) is 0 Å². The van der Waals surface area contributed by atoms with Crippen LogP contribution in [0.2, 0.25) is 0 Å². The van der Waals surface area contributed by atoms with Gasteiger partial charge in [0.15, 0.2) is 11.6 Å². The second kappa shape index (κ2) is 15.8. The monoisotopic (exact) mass is 644 g/mol. The van der Waals surface area contributed by atoms with Crippen molar-refractivity contribution < 1.29 is 43.0 Å². The Morgan fingerprint density at radius 3 is 2.22 bits per heavy atom. The van der Waals surface area contributed by atoms with E-state index in [4.69, 9.17) is 4.74 Å². The molecule has 254 valence electrons. The number of likely N-dealkylation sites (tertiary alicyclic amines) is 1. The molecule has 1 saturated carbocycles. The lowest BCUT2D eigenvalue weighted by molar-refractivity contribution is -0.146. The molecule has 0 spiro atoms. The molecule has 2 N–H and O–H groups in total. The summed E-state index contributed by atoms with van der Waals surface area (Å²) in [4.78, 5) is 80.6. The summed E-state index contributed by atoms with van der Waals surface area (Å²) < 4.78 is 20.2. The first-order chi connectivity index (χ1) is 21.5. The Labute approximate surface area is 270 Å². The third kappa shape index (κ3) is 9.22. The summed E-state index contributed by atoms with van der Waals surface area (Å²) in [5.41, 5.74) is -0.0552. The highest BCUT2D eigenvalue weighted by atomic mass is 19.1. The molecule has 11 heteroatoms. The molecule has 2 amide bonds. The lowest BCUT2D eigenvalue weighted by atomic mass is 9.82. The smallest absolute Gasteiger partial charge is 0.408 e. The average Bonchev–Trinajstić information content (AvgIpc) is 3.53. The molecular formula is C35H49FN2O8. The van der Waals surface area contributed by atoms with E-state index < -0.39 is 95.2 Å². The number of ether oxygens (including phenoxy) is 1. The number of carboxylic acid groups (broad SMARTS) is 1. The van der Waals surface area contributed by atoms with Crippen LogP contribution in [0.25, 0.3) is 0 Å². The van der Waals surface area contributed by atoms with Gasteiger partial charge >= 0.3 is 12.1 Å². The fourth-order valence-corrected chi connectivity index (χ4v) is 6.82. The number of fused-ring (bicyclic) bond motifs is 1. The first-order valence-corrected chi connectivity index (χ1v) is 16.3. The van der Waals surface area contributed by atoms with E-state index in [1.165, 1.54) is 4.90 Å². The molecule has 3 rings (SSSR count). The molecule has 1 heterocycles. The van der Waals surface area contributed by atoms with E-state index in [0.717, 1.165) is 5.56 Å². The number of hydrogen-bond acceptors (Lipinski definition) is 7. The predicted molar refractivity (Wildman–Crippen MR) is 169 cm³/mol. The number of nitrogens with zero attached hydrogens (tertiary/aromatic N) is 1. The zero-order valence-electron chi connectivity index (χ0n) is 27.8. The van der Waals surface area contributed by atoms with Crippen LogP contribution in [0.15, 0.2) is 30.3 Å². The summed E-state index contributed by atoms with van der Waals surface area (Å²) in [6.07, 6.45) is -1.79. The molecule has 0 aromatic heterocycles. The van der Waals surface area contributed by atoms with Gasteiger partial charge in [0.05, 0.1) is 18.1 Å². The summed E-state index contributed by atoms with van der Waals surface area (Å²) >= 11 is 0. The van der Waals surface area contributed by atoms with Crippen LogP contribution in [0.3, 0.4) is 0 Å². The van der Waals surface area contributed by atoms with Gasteiger partial charge in [-0.3, -0.25) is 24.0 Å². The number of halogens is 1. The Balaban J connectivity index is 1.82. The number of alkyl carbamates (subject to hydrolysis) is 1. The van der Waals surface area contributed by atoms with E-state index in [2.05, 4.69) is 5.32 Å². The van der Waals surface area contributed by atoms with Gasteiger partial charge in [-0.15, -0.1) is 0 Å². The number of nitrogens with one attached hydrogen (secondary N) is 1. The Hall–Kier alpha value is -3.63. The zero-order chi connectivity index (χ0) is 34.3. The van der Waals surface area contributed by atoms with Gasteiger partial charge in [0.2, 0.25) is 11.7 Å². The standard InChI is InChI=1S/C35H49FN2O8/c1-7-11-22(30(41)28(40)18-23(33(43)44)16-21-12-9-8-10-13-21)17-27(39)29-24-14-15-26(36)25(24)19-38(29)32(42)31(35(4,5)6)37-34(45)46-20(2)3/h8-10,12-13,20,22-26,29,31H,7,11,14-19H2,1-6H3,(H,37,45)(H,43,44)/t22?,23-,24-,25?,26?,29-,31+/m0/s1. The van der Waals surface area contributed by atoms with Crippen LogP contribution in [0.5, 0.6) is 0 Å². The number of aliphatic carboxylic acids is 1. The van der Waals surface area contributed by atoms with Crippen molar-refractivity contribution in [3.8, 4) is 0 Å². The molecule has 7 atom stereocenters. The number of rotatable bonds is 15. The third-order valence-electron chi connectivity index (χ3n) is 9.11. The summed E-state index contributed by atoms with van der Waals surface area (Å²) in [5.74, 6) is -6.93. The number of benzene rings is 1. The molecule has 46 heavy (non-hydrogen) atoms. The maximum absolute atomic E-state index is 15.0. The minimum Gasteiger partial charge on any atom is -0.481 e. The van der Waals surface area contributed by atoms with Crippen molar-refractivity contribution in [2.24, 2.45) is 29.1 Å². The van der Waals surface area contributed by atoms with Crippen LogP contribution < -0.4 is 5.32 Å². The minimum absolute atomic E-state index is 0.000337. The second-order valence-electron chi connectivity index (χ2n) is 14.1. The number of amides is 2. The average molecular weight is 645 g/mol. The van der Waals surface area contributed by atoms with Crippen LogP contribution in [-0.2, 0) is 35.1 Å². The van der Waals surface area contributed by atoms with Crippen molar-refractivity contribution in [1.82, 2.24) is 10.2 Å². The van der Waals surface area contributed by atoms with Gasteiger partial charge in [0.1, 0.15) is 12.2 Å². The van der Waals surface area contributed by atoms with Gasteiger partial charge < -0.3 is 20.1 Å². The Morgan fingerprint density at radius 1 is 1.00 bits per heavy atom. The van der Waals surface area contributed by atoms with Gasteiger partial charge in [-0.25, -0.2) is 9.18 Å². The molecule has 2 aliphatic rings. The molecule has 0 bridgehead atoms. The van der Waals surface area contributed by atoms with E-state index in [1.54, 1.807) is 65.0 Å². The number of alkyl halides is 1. The van der Waals surface area contributed by atoms with Gasteiger partial charge in [0, 0.05) is 31.2 Å². The van der Waals surface area contributed by atoms with Crippen LogP contribution in [0, 0.1) is 29.1 Å². The highest BCUT2D eigenvalue weighted by Crippen LogP contribution is 2.45. The maximum atomic E-state index is 15.0. The summed E-state index contributed by atoms with van der Waals surface area (Å²) in [7, 11) is 0. The predicted octanol–water partition coefficient (Wildman–Crippen LogP) is 4.96. The molecule has 1 aliphatic carbocycles. The van der Waals surface area contributed by atoms with E-state index in [1.807, 2.05) is 6.92 Å². The third-order valence-corrected chi connectivity index (χ3v) is 9.11. The molecule has 1 aromatic carbocycles. The fourth-order valence-electron chi connectivity index (χ4n) is 6.82. The molecule has 10 nitrogen and oxygen atoms in total. The molecule has 3 unspecified atom stereocenters. The van der Waals surface area contributed by atoms with E-state index in [-0.39, 0.29) is 32.2 Å². The second-order valence-corrected chi connectivity index (χ2v) is 14.1. The van der Waals surface area contributed by atoms with Gasteiger partial charge in [-0.05, 0) is 56.4 Å². The number of Topliss-reactive ketones (excluding diaryl/α,β-unsaturated/α-hetero) is 3. The van der Waals surface area contributed by atoms with E-state index in [9.17, 15) is 33.9 Å².